The number of hydrogen-bond acceptors (Lipinski definition) is 3. The lowest BCUT2D eigenvalue weighted by Gasteiger charge is -2.24. The number of carbonyl (C=O) groups is 2. The molecular formula is C11H18N4O3. The van der Waals surface area contributed by atoms with Gasteiger partial charge in [0.15, 0.2) is 0 Å². The standard InChI is InChI=1S/C11H18N4O3/c1-7(2)15(6-10(16)17)11(18)12-9-5-14(4)13-8(9)3/h5,7H,6H2,1-4H3,(H,12,18)(H,16,17). The first-order chi connectivity index (χ1) is 8.31. The Hall–Kier alpha value is -2.05. The monoisotopic (exact) mass is 254 g/mol. The van der Waals surface area contributed by atoms with Gasteiger partial charge in [0, 0.05) is 19.3 Å². The maximum atomic E-state index is 12.0. The van der Waals surface area contributed by atoms with Crippen molar-refractivity contribution in [3.8, 4) is 0 Å². The molecule has 0 fully saturated rings. The summed E-state index contributed by atoms with van der Waals surface area (Å²) < 4.78 is 1.59. The van der Waals surface area contributed by atoms with Crippen molar-refractivity contribution in [3.05, 3.63) is 11.9 Å². The second-order valence-electron chi connectivity index (χ2n) is 4.35. The molecule has 0 aromatic carbocycles. The molecule has 0 unspecified atom stereocenters. The summed E-state index contributed by atoms with van der Waals surface area (Å²) >= 11 is 0. The quantitative estimate of drug-likeness (QED) is 0.840. The van der Waals surface area contributed by atoms with Gasteiger partial charge in [-0.15, -0.1) is 0 Å². The Morgan fingerprint density at radius 2 is 2.17 bits per heavy atom. The third kappa shape index (κ3) is 3.47. The molecule has 7 nitrogen and oxygen atoms in total. The molecule has 0 atom stereocenters. The normalized spacial score (nSPS) is 10.5. The summed E-state index contributed by atoms with van der Waals surface area (Å²) in [4.78, 5) is 23.9. The number of aryl methyl sites for hydroxylation is 2. The van der Waals surface area contributed by atoms with E-state index in [9.17, 15) is 9.59 Å². The molecule has 0 aliphatic heterocycles. The molecule has 0 saturated carbocycles. The number of amides is 2. The van der Waals surface area contributed by atoms with Crippen LogP contribution in [0.1, 0.15) is 19.5 Å². The van der Waals surface area contributed by atoms with Crippen molar-refractivity contribution < 1.29 is 14.7 Å². The predicted octanol–water partition coefficient (Wildman–Crippen LogP) is 1.06. The minimum absolute atomic E-state index is 0.196. The second kappa shape index (κ2) is 5.52. The first kappa shape index (κ1) is 14.0. The zero-order chi connectivity index (χ0) is 13.9. The molecule has 1 aromatic heterocycles. The number of nitrogens with one attached hydrogen (secondary N) is 1. The van der Waals surface area contributed by atoms with Crippen molar-refractivity contribution >= 4 is 17.7 Å². The van der Waals surface area contributed by atoms with E-state index >= 15 is 0 Å². The van der Waals surface area contributed by atoms with Gasteiger partial charge in [0.05, 0.1) is 11.4 Å². The Kier molecular flexibility index (Phi) is 4.30. The molecule has 1 aromatic rings. The molecule has 0 aliphatic rings. The van der Waals surface area contributed by atoms with Crippen LogP contribution in [0.4, 0.5) is 10.5 Å². The maximum Gasteiger partial charge on any atom is 0.323 e. The zero-order valence-electron chi connectivity index (χ0n) is 11.0. The van der Waals surface area contributed by atoms with E-state index in [0.29, 0.717) is 11.4 Å². The molecule has 1 heterocycles. The van der Waals surface area contributed by atoms with E-state index in [0.717, 1.165) is 0 Å². The highest BCUT2D eigenvalue weighted by molar-refractivity contribution is 5.91. The largest absolute Gasteiger partial charge is 0.480 e. The minimum Gasteiger partial charge on any atom is -0.480 e. The zero-order valence-corrected chi connectivity index (χ0v) is 11.0. The first-order valence-electron chi connectivity index (χ1n) is 5.61. The predicted molar refractivity (Wildman–Crippen MR) is 66.4 cm³/mol. The van der Waals surface area contributed by atoms with Gasteiger partial charge in [-0.1, -0.05) is 0 Å². The summed E-state index contributed by atoms with van der Waals surface area (Å²) in [6, 6.07) is -0.637. The van der Waals surface area contributed by atoms with Crippen LogP contribution in [0.2, 0.25) is 0 Å². The molecule has 0 spiro atoms. The summed E-state index contributed by atoms with van der Waals surface area (Å²) in [6.45, 7) is 4.96. The molecular weight excluding hydrogens is 236 g/mol. The first-order valence-corrected chi connectivity index (χ1v) is 5.61. The van der Waals surface area contributed by atoms with Crippen LogP contribution in [0, 0.1) is 6.92 Å². The Morgan fingerprint density at radius 1 is 1.56 bits per heavy atom. The molecule has 0 saturated heterocycles. The lowest BCUT2D eigenvalue weighted by Crippen LogP contribution is -2.43. The Morgan fingerprint density at radius 3 is 2.56 bits per heavy atom. The molecule has 100 valence electrons. The van der Waals surface area contributed by atoms with Gasteiger partial charge >= 0.3 is 12.0 Å². The Bertz CT molecular complexity index is 453. The summed E-state index contributed by atoms with van der Waals surface area (Å²) in [5.74, 6) is -1.04. The molecule has 1 rings (SSSR count). The van der Waals surface area contributed by atoms with Gasteiger partial charge < -0.3 is 15.3 Å². The number of carbonyl (C=O) groups excluding carboxylic acids is 1. The van der Waals surface area contributed by atoms with E-state index in [2.05, 4.69) is 10.4 Å². The number of aliphatic carboxylic acids is 1. The maximum absolute atomic E-state index is 12.0. The number of carboxylic acid groups (broad SMARTS) is 1. The summed E-state index contributed by atoms with van der Waals surface area (Å²) in [5.41, 5.74) is 1.27. The Balaban J connectivity index is 2.78. The van der Waals surface area contributed by atoms with E-state index in [1.165, 1.54) is 4.90 Å². The van der Waals surface area contributed by atoms with Crippen LogP contribution in [0.15, 0.2) is 6.20 Å². The van der Waals surface area contributed by atoms with Gasteiger partial charge in [0.2, 0.25) is 0 Å². The van der Waals surface area contributed by atoms with Crippen molar-refractivity contribution in [1.29, 1.82) is 0 Å². The number of urea groups is 1. The number of rotatable bonds is 4. The van der Waals surface area contributed by atoms with Crippen molar-refractivity contribution in [2.75, 3.05) is 11.9 Å². The second-order valence-corrected chi connectivity index (χ2v) is 4.35. The van der Waals surface area contributed by atoms with Crippen LogP contribution < -0.4 is 5.32 Å². The molecule has 0 aliphatic carbocycles. The van der Waals surface area contributed by atoms with E-state index in [1.807, 2.05) is 0 Å². The van der Waals surface area contributed by atoms with Gasteiger partial charge in [-0.3, -0.25) is 9.48 Å². The number of anilines is 1. The molecule has 2 amide bonds. The van der Waals surface area contributed by atoms with E-state index in [-0.39, 0.29) is 12.6 Å². The highest BCUT2D eigenvalue weighted by atomic mass is 16.4. The van der Waals surface area contributed by atoms with Crippen LogP contribution in [-0.4, -0.2) is 44.4 Å². The lowest BCUT2D eigenvalue weighted by molar-refractivity contribution is -0.137. The van der Waals surface area contributed by atoms with Crippen LogP contribution in [0.3, 0.4) is 0 Å². The topological polar surface area (TPSA) is 87.5 Å². The summed E-state index contributed by atoms with van der Waals surface area (Å²) in [5, 5.41) is 15.5. The number of aromatic nitrogens is 2. The van der Waals surface area contributed by atoms with Gasteiger partial charge in [-0.05, 0) is 20.8 Å². The molecule has 7 heteroatoms. The fourth-order valence-corrected chi connectivity index (χ4v) is 1.54. The highest BCUT2D eigenvalue weighted by Gasteiger charge is 2.20. The third-order valence-corrected chi connectivity index (χ3v) is 2.44. The molecule has 0 radical (unpaired) electrons. The third-order valence-electron chi connectivity index (χ3n) is 2.44. The number of carboxylic acids is 1. The lowest BCUT2D eigenvalue weighted by atomic mass is 10.3. The Labute approximate surface area is 105 Å². The smallest absolute Gasteiger partial charge is 0.323 e. The van der Waals surface area contributed by atoms with Gasteiger partial charge in [-0.25, -0.2) is 4.79 Å². The van der Waals surface area contributed by atoms with Crippen molar-refractivity contribution in [2.45, 2.75) is 26.8 Å². The molecule has 0 bridgehead atoms. The van der Waals surface area contributed by atoms with Crippen LogP contribution >= 0.6 is 0 Å². The number of hydrogen-bond donors (Lipinski definition) is 2. The fraction of sp³-hybridized carbons (Fsp3) is 0.545. The average molecular weight is 254 g/mol. The van der Waals surface area contributed by atoms with Crippen molar-refractivity contribution in [2.24, 2.45) is 7.05 Å². The van der Waals surface area contributed by atoms with Crippen molar-refractivity contribution in [1.82, 2.24) is 14.7 Å². The van der Waals surface area contributed by atoms with Crippen LogP contribution in [-0.2, 0) is 11.8 Å². The molecule has 2 N–H and O–H groups in total. The van der Waals surface area contributed by atoms with E-state index in [4.69, 9.17) is 5.11 Å². The SMILES string of the molecule is Cc1nn(C)cc1NC(=O)N(CC(=O)O)C(C)C. The van der Waals surface area contributed by atoms with E-state index in [1.54, 1.807) is 38.7 Å². The number of nitrogens with zero attached hydrogens (tertiary/aromatic N) is 3. The van der Waals surface area contributed by atoms with Crippen molar-refractivity contribution in [3.63, 3.8) is 0 Å². The fourth-order valence-electron chi connectivity index (χ4n) is 1.54. The minimum atomic E-state index is -1.04. The van der Waals surface area contributed by atoms with Crippen LogP contribution in [0.25, 0.3) is 0 Å². The molecule has 18 heavy (non-hydrogen) atoms. The van der Waals surface area contributed by atoms with Gasteiger partial charge in [-0.2, -0.15) is 5.10 Å². The van der Waals surface area contributed by atoms with Gasteiger partial charge in [0.25, 0.3) is 0 Å². The van der Waals surface area contributed by atoms with Crippen LogP contribution in [0.5, 0.6) is 0 Å². The average Bonchev–Trinajstić information content (AvgIpc) is 2.53. The highest BCUT2D eigenvalue weighted by Crippen LogP contribution is 2.13. The van der Waals surface area contributed by atoms with E-state index < -0.39 is 12.0 Å². The summed E-state index contributed by atoms with van der Waals surface area (Å²) in [6.07, 6.45) is 1.67. The van der Waals surface area contributed by atoms with Gasteiger partial charge in [0.1, 0.15) is 6.54 Å². The summed E-state index contributed by atoms with van der Waals surface area (Å²) in [7, 11) is 1.75.